The highest BCUT2D eigenvalue weighted by molar-refractivity contribution is 5.97. The van der Waals surface area contributed by atoms with Crippen LogP contribution in [0.3, 0.4) is 0 Å². The Labute approximate surface area is 166 Å². The summed E-state index contributed by atoms with van der Waals surface area (Å²) in [5.74, 6) is 1.50. The number of imidazole rings is 1. The molecule has 1 N–H and O–H groups in total. The third-order valence-electron chi connectivity index (χ3n) is 5.60. The summed E-state index contributed by atoms with van der Waals surface area (Å²) in [7, 11) is 0. The Bertz CT molecular complexity index is 1010. The molecule has 1 aliphatic rings. The lowest BCUT2D eigenvalue weighted by atomic mass is 9.89. The summed E-state index contributed by atoms with van der Waals surface area (Å²) >= 11 is 0. The van der Waals surface area contributed by atoms with Gasteiger partial charge in [-0.3, -0.25) is 4.79 Å². The van der Waals surface area contributed by atoms with E-state index in [1.165, 1.54) is 36.8 Å². The van der Waals surface area contributed by atoms with Gasteiger partial charge in [0.05, 0.1) is 29.0 Å². The normalized spacial score (nSPS) is 17.5. The smallest absolute Gasteiger partial charge is 0.159 e. The number of carbonyl (C=O) groups excluding carboxylic acids is 1. The van der Waals surface area contributed by atoms with Crippen LogP contribution in [-0.2, 0) is 6.42 Å². The van der Waals surface area contributed by atoms with Gasteiger partial charge in [-0.1, -0.05) is 32.8 Å². The van der Waals surface area contributed by atoms with Gasteiger partial charge < -0.3 is 4.98 Å². The third-order valence-corrected chi connectivity index (χ3v) is 5.60. The number of Topliss-reactive ketones (excluding diaryl/α,β-unsaturated/α-hetero) is 1. The standard InChI is InChI=1S/C15H19N.C9H8N2O/c1-3-4-5-14-11(2)8-13-7-6-12(10-16)9-15(13)14;1-6(12)7-2-3-8-9(4-7)11-5-10-8/h6-7,9,11,14H,3-5,8H2,1-2H3;2-5H,1H3,(H,10,11)/t11-,14-;/m0./s1. The largest absolute Gasteiger partial charge is 0.345 e. The Morgan fingerprint density at radius 2 is 2.11 bits per heavy atom. The van der Waals surface area contributed by atoms with Crippen LogP contribution >= 0.6 is 0 Å². The zero-order chi connectivity index (χ0) is 20.1. The molecule has 2 atom stereocenters. The molecule has 3 aromatic rings. The monoisotopic (exact) mass is 373 g/mol. The highest BCUT2D eigenvalue weighted by Crippen LogP contribution is 2.41. The van der Waals surface area contributed by atoms with Crippen molar-refractivity contribution in [1.29, 1.82) is 5.26 Å². The van der Waals surface area contributed by atoms with Crippen LogP contribution in [-0.4, -0.2) is 15.8 Å². The molecule has 0 saturated heterocycles. The van der Waals surface area contributed by atoms with Gasteiger partial charge >= 0.3 is 0 Å². The molecule has 0 saturated carbocycles. The fourth-order valence-electron chi connectivity index (χ4n) is 4.01. The van der Waals surface area contributed by atoms with E-state index in [1.54, 1.807) is 19.3 Å². The van der Waals surface area contributed by atoms with Crippen LogP contribution in [0.15, 0.2) is 42.7 Å². The number of ketones is 1. The van der Waals surface area contributed by atoms with Crippen LogP contribution in [0.4, 0.5) is 0 Å². The Kier molecular flexibility index (Phi) is 6.26. The minimum absolute atomic E-state index is 0.0755. The number of aromatic amines is 1. The first kappa shape index (κ1) is 19.8. The van der Waals surface area contributed by atoms with Crippen molar-refractivity contribution in [3.63, 3.8) is 0 Å². The zero-order valence-electron chi connectivity index (χ0n) is 16.8. The van der Waals surface area contributed by atoms with Gasteiger partial charge in [-0.05, 0) is 73.1 Å². The molecule has 0 spiro atoms. The summed E-state index contributed by atoms with van der Waals surface area (Å²) in [5, 5.41) is 8.95. The summed E-state index contributed by atoms with van der Waals surface area (Å²) in [6.45, 7) is 6.14. The molecule has 144 valence electrons. The summed E-state index contributed by atoms with van der Waals surface area (Å²) in [6.07, 6.45) is 6.64. The van der Waals surface area contributed by atoms with Gasteiger partial charge in [0, 0.05) is 5.56 Å². The van der Waals surface area contributed by atoms with Gasteiger partial charge in [-0.2, -0.15) is 5.26 Å². The lowest BCUT2D eigenvalue weighted by Gasteiger charge is -2.16. The number of fused-ring (bicyclic) bond motifs is 2. The van der Waals surface area contributed by atoms with E-state index >= 15 is 0 Å². The van der Waals surface area contributed by atoms with Crippen molar-refractivity contribution in [2.75, 3.05) is 0 Å². The average Bonchev–Trinajstić information content (AvgIpc) is 3.29. The molecule has 4 rings (SSSR count). The molecule has 0 bridgehead atoms. The molecule has 0 unspecified atom stereocenters. The summed E-state index contributed by atoms with van der Waals surface area (Å²) in [4.78, 5) is 18.0. The highest BCUT2D eigenvalue weighted by Gasteiger charge is 2.28. The lowest BCUT2D eigenvalue weighted by Crippen LogP contribution is -2.03. The molecule has 28 heavy (non-hydrogen) atoms. The van der Waals surface area contributed by atoms with E-state index in [0.29, 0.717) is 11.5 Å². The Balaban J connectivity index is 0.000000167. The number of nitriles is 1. The van der Waals surface area contributed by atoms with Crippen molar-refractivity contribution >= 4 is 16.8 Å². The van der Waals surface area contributed by atoms with Crippen molar-refractivity contribution in [2.45, 2.75) is 52.4 Å². The first-order valence-corrected chi connectivity index (χ1v) is 10.0. The van der Waals surface area contributed by atoms with E-state index in [9.17, 15) is 4.79 Å². The van der Waals surface area contributed by atoms with Gasteiger partial charge in [0.1, 0.15) is 0 Å². The molecule has 1 aromatic heterocycles. The van der Waals surface area contributed by atoms with E-state index < -0.39 is 0 Å². The van der Waals surface area contributed by atoms with Crippen molar-refractivity contribution in [1.82, 2.24) is 9.97 Å². The fourth-order valence-corrected chi connectivity index (χ4v) is 4.01. The number of hydrogen-bond acceptors (Lipinski definition) is 3. The Morgan fingerprint density at radius 1 is 1.29 bits per heavy atom. The Morgan fingerprint density at radius 3 is 2.82 bits per heavy atom. The van der Waals surface area contributed by atoms with Crippen molar-refractivity contribution in [3.8, 4) is 6.07 Å². The van der Waals surface area contributed by atoms with Gasteiger partial charge in [0.25, 0.3) is 0 Å². The quantitative estimate of drug-likeness (QED) is 0.588. The van der Waals surface area contributed by atoms with Gasteiger partial charge in [0.2, 0.25) is 0 Å². The maximum atomic E-state index is 11.0. The Hall–Kier alpha value is -2.93. The number of nitrogens with one attached hydrogen (secondary N) is 1. The van der Waals surface area contributed by atoms with Crippen molar-refractivity contribution in [3.05, 3.63) is 65.0 Å². The van der Waals surface area contributed by atoms with E-state index in [-0.39, 0.29) is 5.78 Å². The number of carbonyl (C=O) groups is 1. The molecule has 0 fully saturated rings. The molecule has 4 heteroatoms. The number of unbranched alkanes of at least 4 members (excludes halogenated alkanes) is 1. The molecular formula is C24H27N3O. The topological polar surface area (TPSA) is 69.5 Å². The molecule has 1 aliphatic carbocycles. The van der Waals surface area contributed by atoms with Crippen LogP contribution in [0.25, 0.3) is 11.0 Å². The summed E-state index contributed by atoms with van der Waals surface area (Å²) < 4.78 is 0. The van der Waals surface area contributed by atoms with E-state index in [2.05, 4.69) is 42.0 Å². The van der Waals surface area contributed by atoms with Crippen LogP contribution in [0.1, 0.15) is 73.0 Å². The number of H-pyrrole nitrogens is 1. The minimum Gasteiger partial charge on any atom is -0.345 e. The molecule has 0 aliphatic heterocycles. The first-order valence-electron chi connectivity index (χ1n) is 10.0. The van der Waals surface area contributed by atoms with Crippen LogP contribution in [0, 0.1) is 17.2 Å². The molecule has 0 amide bonds. The summed E-state index contributed by atoms with van der Waals surface area (Å²) in [6, 6.07) is 13.9. The molecule has 4 nitrogen and oxygen atoms in total. The number of nitrogens with zero attached hydrogens (tertiary/aromatic N) is 2. The predicted octanol–water partition coefficient (Wildman–Crippen LogP) is 5.79. The third kappa shape index (κ3) is 4.31. The van der Waals surface area contributed by atoms with Gasteiger partial charge in [-0.25, -0.2) is 4.98 Å². The second-order valence-electron chi connectivity index (χ2n) is 7.65. The fraction of sp³-hybridized carbons (Fsp3) is 0.375. The highest BCUT2D eigenvalue weighted by atomic mass is 16.1. The number of rotatable bonds is 4. The van der Waals surface area contributed by atoms with Crippen molar-refractivity contribution < 1.29 is 4.79 Å². The second-order valence-corrected chi connectivity index (χ2v) is 7.65. The first-order chi connectivity index (χ1) is 13.5. The van der Waals surface area contributed by atoms with Crippen LogP contribution in [0.5, 0.6) is 0 Å². The number of aromatic nitrogens is 2. The lowest BCUT2D eigenvalue weighted by molar-refractivity contribution is 0.101. The van der Waals surface area contributed by atoms with E-state index in [1.807, 2.05) is 18.2 Å². The number of hydrogen-bond donors (Lipinski definition) is 1. The van der Waals surface area contributed by atoms with E-state index in [4.69, 9.17) is 5.26 Å². The van der Waals surface area contributed by atoms with Gasteiger partial charge in [-0.15, -0.1) is 0 Å². The number of benzene rings is 2. The summed E-state index contributed by atoms with van der Waals surface area (Å²) in [5.41, 5.74) is 6.23. The van der Waals surface area contributed by atoms with Crippen molar-refractivity contribution in [2.24, 2.45) is 5.92 Å². The predicted molar refractivity (Wildman–Crippen MR) is 112 cm³/mol. The molecule has 1 heterocycles. The SMILES string of the molecule is CC(=O)c1ccc2nc[nH]c2c1.CCCC[C@@H]1c2cc(C#N)ccc2C[C@@H]1C. The maximum Gasteiger partial charge on any atom is 0.159 e. The molecule has 2 aromatic carbocycles. The second kappa shape index (κ2) is 8.84. The minimum atomic E-state index is 0.0755. The van der Waals surface area contributed by atoms with Gasteiger partial charge in [0.15, 0.2) is 5.78 Å². The zero-order valence-corrected chi connectivity index (χ0v) is 16.8. The van der Waals surface area contributed by atoms with E-state index in [0.717, 1.165) is 22.5 Å². The van der Waals surface area contributed by atoms with Crippen LogP contribution in [0.2, 0.25) is 0 Å². The van der Waals surface area contributed by atoms with Crippen LogP contribution < -0.4 is 0 Å². The maximum absolute atomic E-state index is 11.0. The average molecular weight is 374 g/mol. The molecule has 0 radical (unpaired) electrons. The molecular weight excluding hydrogens is 346 g/mol.